The van der Waals surface area contributed by atoms with E-state index in [1.807, 2.05) is 0 Å². The molecular weight excluding hydrogens is 501 g/mol. The Balaban J connectivity index is 1.50. The Bertz CT molecular complexity index is 1030. The predicted octanol–water partition coefficient (Wildman–Crippen LogP) is 4.31. The number of hydrogen-bond donors (Lipinski definition) is 3. The molecule has 0 aromatic heterocycles. The number of aliphatic hydroxyl groups excluding tert-OH is 1. The van der Waals surface area contributed by atoms with Crippen LogP contribution < -0.4 is 15.4 Å². The molecule has 0 saturated heterocycles. The van der Waals surface area contributed by atoms with Gasteiger partial charge in [0.1, 0.15) is 28.8 Å². The molecule has 0 radical (unpaired) electrons. The van der Waals surface area contributed by atoms with Gasteiger partial charge in [0.05, 0.1) is 16.6 Å². The number of aliphatic hydroxyl groups is 1. The number of halogens is 4. The Labute approximate surface area is 198 Å². The van der Waals surface area contributed by atoms with Crippen molar-refractivity contribution in [2.24, 2.45) is 0 Å². The number of fused-ring (bicyclic) bond motifs is 1. The van der Waals surface area contributed by atoms with Crippen molar-refractivity contribution >= 4 is 21.8 Å². The lowest BCUT2D eigenvalue weighted by atomic mass is 9.73. The third-order valence-electron chi connectivity index (χ3n) is 6.40. The lowest BCUT2D eigenvalue weighted by molar-refractivity contribution is -0.120. The molecule has 0 bridgehead atoms. The third-order valence-corrected chi connectivity index (χ3v) is 7.01. The van der Waals surface area contributed by atoms with Crippen LogP contribution in [0.3, 0.4) is 0 Å². The molecular formula is C24H26BrF3N2O3. The number of carbonyl (C=O) groups is 1. The molecule has 1 aliphatic heterocycles. The lowest BCUT2D eigenvalue weighted by Crippen LogP contribution is -2.52. The standard InChI is InChI=1S/C24H26BrF3N2O3/c1-13(31)30-20(7-14-5-15(26)8-16(27)6-14)22(32)12-29-21-11-24(3-2-4-24)33-23-10-19(28)18(25)9-17(21)23/h5-6,8-10,20-22,29,32H,2-4,7,11-12H2,1H3,(H,30,31)/t20-,21-,22+/m0/s1. The van der Waals surface area contributed by atoms with Gasteiger partial charge in [-0.1, -0.05) is 0 Å². The molecule has 2 aromatic rings. The van der Waals surface area contributed by atoms with Crippen molar-refractivity contribution in [3.63, 3.8) is 0 Å². The van der Waals surface area contributed by atoms with E-state index in [-0.39, 0.29) is 30.5 Å². The maximum Gasteiger partial charge on any atom is 0.217 e. The highest BCUT2D eigenvalue weighted by Gasteiger charge is 2.46. The summed E-state index contributed by atoms with van der Waals surface area (Å²) < 4.78 is 47.8. The van der Waals surface area contributed by atoms with Crippen LogP contribution in [-0.4, -0.2) is 35.3 Å². The Kier molecular flexibility index (Phi) is 7.02. The summed E-state index contributed by atoms with van der Waals surface area (Å²) in [4.78, 5) is 11.7. The zero-order valence-corrected chi connectivity index (χ0v) is 19.7. The molecule has 0 unspecified atom stereocenters. The van der Waals surface area contributed by atoms with Gasteiger partial charge in [0.2, 0.25) is 5.91 Å². The minimum absolute atomic E-state index is 0.0577. The second-order valence-electron chi connectivity index (χ2n) is 8.96. The van der Waals surface area contributed by atoms with Gasteiger partial charge in [0.15, 0.2) is 0 Å². The molecule has 9 heteroatoms. The van der Waals surface area contributed by atoms with Crippen molar-refractivity contribution in [1.82, 2.24) is 10.6 Å². The molecule has 5 nitrogen and oxygen atoms in total. The van der Waals surface area contributed by atoms with Crippen molar-refractivity contribution < 1.29 is 27.8 Å². The summed E-state index contributed by atoms with van der Waals surface area (Å²) in [5.41, 5.74) is 0.775. The van der Waals surface area contributed by atoms with E-state index in [4.69, 9.17) is 4.74 Å². The minimum Gasteiger partial charge on any atom is -0.487 e. The van der Waals surface area contributed by atoms with Gasteiger partial charge in [0.25, 0.3) is 0 Å². The van der Waals surface area contributed by atoms with Crippen molar-refractivity contribution in [3.05, 3.63) is 63.4 Å². The molecule has 2 aliphatic rings. The van der Waals surface area contributed by atoms with Crippen LogP contribution >= 0.6 is 15.9 Å². The van der Waals surface area contributed by atoms with E-state index in [2.05, 4.69) is 26.6 Å². The molecule has 3 atom stereocenters. The average molecular weight is 527 g/mol. The van der Waals surface area contributed by atoms with Gasteiger partial charge in [0, 0.05) is 43.6 Å². The predicted molar refractivity (Wildman–Crippen MR) is 120 cm³/mol. The molecule has 1 heterocycles. The number of rotatable bonds is 7. The SMILES string of the molecule is CC(=O)N[C@@H](Cc1cc(F)cc(F)c1)[C@H](O)CN[C@H]1CC2(CCC2)Oc2cc(F)c(Br)cc21. The molecule has 178 valence electrons. The zero-order chi connectivity index (χ0) is 23.8. The molecule has 1 saturated carbocycles. The van der Waals surface area contributed by atoms with Crippen molar-refractivity contribution in [1.29, 1.82) is 0 Å². The van der Waals surface area contributed by atoms with Crippen LogP contribution in [0, 0.1) is 17.5 Å². The second kappa shape index (κ2) is 9.64. The van der Waals surface area contributed by atoms with Crippen LogP contribution in [0.2, 0.25) is 0 Å². The van der Waals surface area contributed by atoms with Crippen molar-refractivity contribution in [3.8, 4) is 5.75 Å². The van der Waals surface area contributed by atoms with Gasteiger partial charge >= 0.3 is 0 Å². The summed E-state index contributed by atoms with van der Waals surface area (Å²) in [6.45, 7) is 1.43. The third kappa shape index (κ3) is 5.53. The largest absolute Gasteiger partial charge is 0.487 e. The molecule has 3 N–H and O–H groups in total. The molecule has 33 heavy (non-hydrogen) atoms. The summed E-state index contributed by atoms with van der Waals surface area (Å²) in [5.74, 6) is -1.72. The average Bonchev–Trinajstić information content (AvgIpc) is 2.70. The van der Waals surface area contributed by atoms with Crippen LogP contribution in [0.4, 0.5) is 13.2 Å². The first-order chi connectivity index (χ1) is 15.6. The van der Waals surface area contributed by atoms with Gasteiger partial charge < -0.3 is 20.5 Å². The fraction of sp³-hybridized carbons (Fsp3) is 0.458. The fourth-order valence-corrected chi connectivity index (χ4v) is 5.01. The highest BCUT2D eigenvalue weighted by molar-refractivity contribution is 9.10. The summed E-state index contributed by atoms with van der Waals surface area (Å²) in [6, 6.07) is 5.25. The van der Waals surface area contributed by atoms with Gasteiger partial charge in [-0.15, -0.1) is 0 Å². The minimum atomic E-state index is -1.03. The molecule has 1 fully saturated rings. The summed E-state index contributed by atoms with van der Waals surface area (Å²) in [6.07, 6.45) is 2.49. The van der Waals surface area contributed by atoms with Crippen LogP contribution in [-0.2, 0) is 11.2 Å². The quantitative estimate of drug-likeness (QED) is 0.502. The first kappa shape index (κ1) is 24.0. The van der Waals surface area contributed by atoms with Crippen LogP contribution in [0.1, 0.15) is 49.8 Å². The first-order valence-electron chi connectivity index (χ1n) is 11.0. The molecule has 1 aliphatic carbocycles. The van der Waals surface area contributed by atoms with Crippen molar-refractivity contribution in [2.75, 3.05) is 6.54 Å². The number of benzene rings is 2. The summed E-state index contributed by atoms with van der Waals surface area (Å²) >= 11 is 3.22. The smallest absolute Gasteiger partial charge is 0.217 e. The van der Waals surface area contributed by atoms with Crippen molar-refractivity contribution in [2.45, 2.75) is 62.8 Å². The Morgan fingerprint density at radius 2 is 1.91 bits per heavy atom. The zero-order valence-electron chi connectivity index (χ0n) is 18.1. The van der Waals surface area contributed by atoms with Crippen LogP contribution in [0.15, 0.2) is 34.8 Å². The van der Waals surface area contributed by atoms with Gasteiger partial charge in [-0.05, 0) is 65.4 Å². The maximum absolute atomic E-state index is 14.1. The highest BCUT2D eigenvalue weighted by Crippen LogP contribution is 2.49. The molecule has 2 aromatic carbocycles. The van der Waals surface area contributed by atoms with Crippen LogP contribution in [0.5, 0.6) is 5.75 Å². The van der Waals surface area contributed by atoms with E-state index < -0.39 is 29.6 Å². The van der Waals surface area contributed by atoms with E-state index in [9.17, 15) is 23.1 Å². The summed E-state index contributed by atoms with van der Waals surface area (Å²) in [5, 5.41) is 16.9. The van der Waals surface area contributed by atoms with E-state index >= 15 is 0 Å². The molecule has 4 rings (SSSR count). The lowest BCUT2D eigenvalue weighted by Gasteiger charge is -2.48. The second-order valence-corrected chi connectivity index (χ2v) is 9.82. The summed E-state index contributed by atoms with van der Waals surface area (Å²) in [7, 11) is 0. The van der Waals surface area contributed by atoms with Crippen LogP contribution in [0.25, 0.3) is 0 Å². The highest BCUT2D eigenvalue weighted by atomic mass is 79.9. The van der Waals surface area contributed by atoms with E-state index in [0.29, 0.717) is 22.2 Å². The fourth-order valence-electron chi connectivity index (χ4n) is 4.65. The number of hydrogen-bond acceptors (Lipinski definition) is 4. The maximum atomic E-state index is 14.1. The van der Waals surface area contributed by atoms with Gasteiger partial charge in [-0.25, -0.2) is 13.2 Å². The number of nitrogens with one attached hydrogen (secondary N) is 2. The Hall–Kier alpha value is -2.10. The first-order valence-corrected chi connectivity index (χ1v) is 11.7. The monoisotopic (exact) mass is 526 g/mol. The number of ether oxygens (including phenoxy) is 1. The molecule has 1 amide bonds. The van der Waals surface area contributed by atoms with Gasteiger partial charge in [-0.3, -0.25) is 4.79 Å². The van der Waals surface area contributed by atoms with E-state index in [0.717, 1.165) is 30.9 Å². The number of amides is 1. The van der Waals surface area contributed by atoms with E-state index in [1.54, 1.807) is 6.07 Å². The van der Waals surface area contributed by atoms with E-state index in [1.165, 1.54) is 25.1 Å². The Morgan fingerprint density at radius 3 is 2.52 bits per heavy atom. The topological polar surface area (TPSA) is 70.6 Å². The normalized spacial score (nSPS) is 20.4. The molecule has 1 spiro atoms. The number of carbonyl (C=O) groups excluding carboxylic acids is 1. The Morgan fingerprint density at radius 1 is 1.21 bits per heavy atom. The van der Waals surface area contributed by atoms with Gasteiger partial charge in [-0.2, -0.15) is 0 Å².